The molecule has 0 fully saturated rings. The second-order valence-electron chi connectivity index (χ2n) is 4.90. The molecule has 0 radical (unpaired) electrons. The summed E-state index contributed by atoms with van der Waals surface area (Å²) in [7, 11) is 4.60. The van der Waals surface area contributed by atoms with Crippen molar-refractivity contribution in [1.29, 1.82) is 0 Å². The van der Waals surface area contributed by atoms with Crippen molar-refractivity contribution < 1.29 is 23.7 Å². The minimum Gasteiger partial charge on any atom is -0.495 e. The van der Waals surface area contributed by atoms with Crippen LogP contribution in [-0.4, -0.2) is 27.3 Å². The van der Waals surface area contributed by atoms with E-state index in [1.54, 1.807) is 19.2 Å². The average molecular weight is 315 g/mol. The van der Waals surface area contributed by atoms with Gasteiger partial charge in [-0.3, -0.25) is 0 Å². The van der Waals surface area contributed by atoms with E-state index in [9.17, 15) is 4.79 Å². The lowest BCUT2D eigenvalue weighted by Crippen LogP contribution is -2.11. The van der Waals surface area contributed by atoms with Crippen LogP contribution in [0.5, 0.6) is 17.2 Å². The van der Waals surface area contributed by atoms with E-state index in [-0.39, 0.29) is 0 Å². The van der Waals surface area contributed by atoms with Crippen LogP contribution in [0.15, 0.2) is 36.4 Å². The van der Waals surface area contributed by atoms with Gasteiger partial charge in [-0.2, -0.15) is 0 Å². The number of cyclic esters (lactones) is 1. The lowest BCUT2D eigenvalue weighted by atomic mass is 10.1. The molecular formula is C17H17NO5. The maximum absolute atomic E-state index is 12.2. The zero-order valence-corrected chi connectivity index (χ0v) is 13.1. The Morgan fingerprint density at radius 1 is 0.957 bits per heavy atom. The highest BCUT2D eigenvalue weighted by Crippen LogP contribution is 2.42. The fraction of sp³-hybridized carbons (Fsp3) is 0.235. The van der Waals surface area contributed by atoms with Crippen molar-refractivity contribution >= 4 is 11.7 Å². The predicted molar refractivity (Wildman–Crippen MR) is 84.3 cm³/mol. The van der Waals surface area contributed by atoms with Crippen LogP contribution in [-0.2, 0) is 4.74 Å². The monoisotopic (exact) mass is 315 g/mol. The smallest absolute Gasteiger partial charge is 0.344 e. The second kappa shape index (κ2) is 6.08. The number of carbonyl (C=O) groups excluding carboxylic acids is 1. The van der Waals surface area contributed by atoms with E-state index in [1.807, 2.05) is 24.3 Å². The molecule has 0 saturated carbocycles. The van der Waals surface area contributed by atoms with E-state index >= 15 is 0 Å². The number of carbonyl (C=O) groups is 1. The van der Waals surface area contributed by atoms with Crippen molar-refractivity contribution in [2.45, 2.75) is 6.23 Å². The Morgan fingerprint density at radius 3 is 2.39 bits per heavy atom. The molecule has 0 saturated heterocycles. The van der Waals surface area contributed by atoms with E-state index < -0.39 is 12.2 Å². The normalized spacial score (nSPS) is 15.6. The highest BCUT2D eigenvalue weighted by Gasteiger charge is 2.36. The van der Waals surface area contributed by atoms with Crippen LogP contribution in [0.4, 0.5) is 5.69 Å². The third kappa shape index (κ3) is 2.52. The summed E-state index contributed by atoms with van der Waals surface area (Å²) in [6.07, 6.45) is -0.617. The van der Waals surface area contributed by atoms with Gasteiger partial charge >= 0.3 is 5.97 Å². The summed E-state index contributed by atoms with van der Waals surface area (Å²) >= 11 is 0. The molecule has 0 amide bonds. The van der Waals surface area contributed by atoms with Gasteiger partial charge in [0, 0.05) is 5.56 Å². The van der Waals surface area contributed by atoms with Gasteiger partial charge in [0.15, 0.2) is 11.5 Å². The van der Waals surface area contributed by atoms with E-state index in [4.69, 9.17) is 18.9 Å². The third-order valence-electron chi connectivity index (χ3n) is 3.68. The SMILES string of the molecule is COc1ccccc1NC1OC(=O)c2c1ccc(OC)c2OC. The van der Waals surface area contributed by atoms with Crippen molar-refractivity contribution in [3.8, 4) is 17.2 Å². The molecule has 0 aromatic heterocycles. The Hall–Kier alpha value is -2.89. The summed E-state index contributed by atoms with van der Waals surface area (Å²) in [5, 5.41) is 3.17. The van der Waals surface area contributed by atoms with Crippen molar-refractivity contribution in [2.75, 3.05) is 26.6 Å². The minimum absolute atomic E-state index is 0.374. The number of para-hydroxylation sites is 2. The summed E-state index contributed by atoms with van der Waals surface area (Å²) in [5.41, 5.74) is 1.80. The van der Waals surface area contributed by atoms with Gasteiger partial charge in [-0.05, 0) is 24.3 Å². The largest absolute Gasteiger partial charge is 0.495 e. The lowest BCUT2D eigenvalue weighted by Gasteiger charge is -2.17. The first-order valence-electron chi connectivity index (χ1n) is 7.05. The lowest BCUT2D eigenvalue weighted by molar-refractivity contribution is 0.0434. The molecule has 0 bridgehead atoms. The maximum atomic E-state index is 12.2. The Bertz CT molecular complexity index is 744. The number of esters is 1. The summed E-state index contributed by atoms with van der Waals surface area (Å²) < 4.78 is 21.3. The summed E-state index contributed by atoms with van der Waals surface area (Å²) in [5.74, 6) is 1.07. The van der Waals surface area contributed by atoms with Crippen molar-refractivity contribution in [3.63, 3.8) is 0 Å². The second-order valence-corrected chi connectivity index (χ2v) is 4.90. The molecule has 1 aliphatic heterocycles. The highest BCUT2D eigenvalue weighted by atomic mass is 16.6. The topological polar surface area (TPSA) is 66.0 Å². The molecule has 0 spiro atoms. The summed E-state index contributed by atoms with van der Waals surface area (Å²) in [6.45, 7) is 0. The molecule has 3 rings (SSSR count). The highest BCUT2D eigenvalue weighted by molar-refractivity contribution is 5.98. The molecule has 6 nitrogen and oxygen atoms in total. The van der Waals surface area contributed by atoms with Crippen LogP contribution in [0.3, 0.4) is 0 Å². The number of anilines is 1. The van der Waals surface area contributed by atoms with E-state index in [1.165, 1.54) is 14.2 Å². The fourth-order valence-corrected chi connectivity index (χ4v) is 2.61. The van der Waals surface area contributed by atoms with Crippen LogP contribution in [0.2, 0.25) is 0 Å². The fourth-order valence-electron chi connectivity index (χ4n) is 2.61. The first kappa shape index (κ1) is 15.0. The molecule has 23 heavy (non-hydrogen) atoms. The van der Waals surface area contributed by atoms with Gasteiger partial charge in [0.25, 0.3) is 0 Å². The molecule has 0 aliphatic carbocycles. The van der Waals surface area contributed by atoms with Gasteiger partial charge in [-0.15, -0.1) is 0 Å². The first-order chi connectivity index (χ1) is 11.2. The molecule has 2 aromatic rings. The molecule has 1 N–H and O–H groups in total. The summed E-state index contributed by atoms with van der Waals surface area (Å²) in [4.78, 5) is 12.2. The Kier molecular flexibility index (Phi) is 3.97. The number of hydrogen-bond acceptors (Lipinski definition) is 6. The average Bonchev–Trinajstić information content (AvgIpc) is 2.90. The Labute approximate surface area is 133 Å². The van der Waals surface area contributed by atoms with Crippen LogP contribution >= 0.6 is 0 Å². The summed E-state index contributed by atoms with van der Waals surface area (Å²) in [6, 6.07) is 11.0. The number of methoxy groups -OCH3 is 3. The van der Waals surface area contributed by atoms with E-state index in [0.29, 0.717) is 28.4 Å². The van der Waals surface area contributed by atoms with Crippen LogP contribution in [0.1, 0.15) is 22.1 Å². The van der Waals surface area contributed by atoms with Gasteiger partial charge in [0.1, 0.15) is 11.3 Å². The number of nitrogens with one attached hydrogen (secondary N) is 1. The van der Waals surface area contributed by atoms with E-state index in [0.717, 1.165) is 5.69 Å². The molecule has 1 aliphatic rings. The quantitative estimate of drug-likeness (QED) is 0.856. The van der Waals surface area contributed by atoms with Crippen molar-refractivity contribution in [3.05, 3.63) is 47.5 Å². The number of benzene rings is 2. The minimum atomic E-state index is -0.617. The van der Waals surface area contributed by atoms with Crippen LogP contribution in [0.25, 0.3) is 0 Å². The zero-order valence-electron chi connectivity index (χ0n) is 13.1. The molecule has 120 valence electrons. The Balaban J connectivity index is 1.99. The zero-order chi connectivity index (χ0) is 16.4. The molecule has 1 heterocycles. The number of rotatable bonds is 5. The van der Waals surface area contributed by atoms with Gasteiger partial charge < -0.3 is 24.3 Å². The van der Waals surface area contributed by atoms with Crippen molar-refractivity contribution in [2.24, 2.45) is 0 Å². The van der Waals surface area contributed by atoms with Crippen molar-refractivity contribution in [1.82, 2.24) is 0 Å². The van der Waals surface area contributed by atoms with Crippen LogP contribution < -0.4 is 19.5 Å². The predicted octanol–water partition coefficient (Wildman–Crippen LogP) is 2.99. The third-order valence-corrected chi connectivity index (χ3v) is 3.68. The molecule has 1 atom stereocenters. The number of fused-ring (bicyclic) bond motifs is 1. The number of hydrogen-bond donors (Lipinski definition) is 1. The number of ether oxygens (including phenoxy) is 4. The van der Waals surface area contributed by atoms with E-state index in [2.05, 4.69) is 5.32 Å². The van der Waals surface area contributed by atoms with Crippen LogP contribution in [0, 0.1) is 0 Å². The van der Waals surface area contributed by atoms with Gasteiger partial charge in [0.05, 0.1) is 27.0 Å². The molecule has 6 heteroatoms. The Morgan fingerprint density at radius 2 is 1.70 bits per heavy atom. The molecular weight excluding hydrogens is 298 g/mol. The molecule has 2 aromatic carbocycles. The molecule has 1 unspecified atom stereocenters. The maximum Gasteiger partial charge on any atom is 0.344 e. The van der Waals surface area contributed by atoms with Gasteiger partial charge in [0.2, 0.25) is 6.23 Å². The first-order valence-corrected chi connectivity index (χ1v) is 7.05. The van der Waals surface area contributed by atoms with Gasteiger partial charge in [-0.1, -0.05) is 12.1 Å². The van der Waals surface area contributed by atoms with Gasteiger partial charge in [-0.25, -0.2) is 4.79 Å². The standard InChI is InChI=1S/C17H17NO5/c1-20-12-7-5-4-6-11(12)18-16-10-8-9-13(21-2)15(22-3)14(10)17(19)23-16/h4-9,16,18H,1-3H3.